The zero-order valence-electron chi connectivity index (χ0n) is 15.3. The van der Waals surface area contributed by atoms with E-state index in [1.807, 2.05) is 37.3 Å². The lowest BCUT2D eigenvalue weighted by atomic mass is 9.78. The monoisotopic (exact) mass is 339 g/mol. The molecule has 25 heavy (non-hydrogen) atoms. The number of hydrogen-bond acceptors (Lipinski definition) is 3. The van der Waals surface area contributed by atoms with Crippen molar-refractivity contribution in [3.05, 3.63) is 65.7 Å². The Balaban J connectivity index is 1.90. The van der Waals surface area contributed by atoms with Gasteiger partial charge in [-0.3, -0.25) is 0 Å². The second-order valence-corrected chi connectivity index (χ2v) is 7.20. The highest BCUT2D eigenvalue weighted by Crippen LogP contribution is 2.38. The summed E-state index contributed by atoms with van der Waals surface area (Å²) in [5, 5.41) is 11.5. The highest BCUT2D eigenvalue weighted by atomic mass is 16.5. The van der Waals surface area contributed by atoms with E-state index in [0.717, 1.165) is 30.9 Å². The van der Waals surface area contributed by atoms with Gasteiger partial charge in [0, 0.05) is 12.5 Å². The van der Waals surface area contributed by atoms with Crippen molar-refractivity contribution in [3.8, 4) is 5.75 Å². The van der Waals surface area contributed by atoms with Gasteiger partial charge in [-0.25, -0.2) is 0 Å². The molecule has 0 radical (unpaired) electrons. The Bertz CT molecular complexity index is 645. The third-order valence-electron chi connectivity index (χ3n) is 5.44. The van der Waals surface area contributed by atoms with Crippen molar-refractivity contribution >= 4 is 0 Å². The van der Waals surface area contributed by atoms with Gasteiger partial charge in [0.1, 0.15) is 5.75 Å². The molecule has 1 heterocycles. The second-order valence-electron chi connectivity index (χ2n) is 7.20. The summed E-state index contributed by atoms with van der Waals surface area (Å²) in [6.07, 6.45) is 3.83. The molecule has 0 spiro atoms. The maximum absolute atomic E-state index is 11.5. The largest absolute Gasteiger partial charge is 0.497 e. The molecule has 3 nitrogen and oxygen atoms in total. The van der Waals surface area contributed by atoms with E-state index in [-0.39, 0.29) is 5.92 Å². The van der Waals surface area contributed by atoms with Gasteiger partial charge in [0.05, 0.1) is 12.7 Å². The van der Waals surface area contributed by atoms with E-state index >= 15 is 0 Å². The summed E-state index contributed by atoms with van der Waals surface area (Å²) >= 11 is 0. The molecule has 1 aliphatic rings. The molecule has 1 N–H and O–H groups in total. The normalized spacial score (nSPS) is 19.2. The lowest BCUT2D eigenvalue weighted by Gasteiger charge is -2.38. The SMILES string of the molecule is COc1ccc([C@@](C)(O)[C@@H](CN2CCCCC2)c2ccccc2)cc1. The molecule has 0 bridgehead atoms. The molecule has 134 valence electrons. The summed E-state index contributed by atoms with van der Waals surface area (Å²) < 4.78 is 5.26. The lowest BCUT2D eigenvalue weighted by molar-refractivity contribution is 0.0107. The van der Waals surface area contributed by atoms with Crippen LogP contribution < -0.4 is 4.74 Å². The minimum Gasteiger partial charge on any atom is -0.497 e. The Labute approximate surface area is 151 Å². The van der Waals surface area contributed by atoms with Gasteiger partial charge in [-0.2, -0.15) is 0 Å². The van der Waals surface area contributed by atoms with Crippen LogP contribution in [0.4, 0.5) is 0 Å². The number of ether oxygens (including phenoxy) is 1. The Hall–Kier alpha value is -1.84. The highest BCUT2D eigenvalue weighted by Gasteiger charge is 2.36. The molecule has 1 aliphatic heterocycles. The molecule has 2 aromatic rings. The Kier molecular flexibility index (Phi) is 5.77. The van der Waals surface area contributed by atoms with Crippen LogP contribution in [0, 0.1) is 0 Å². The van der Waals surface area contributed by atoms with Crippen molar-refractivity contribution in [1.29, 1.82) is 0 Å². The van der Waals surface area contributed by atoms with Gasteiger partial charge in [-0.15, -0.1) is 0 Å². The van der Waals surface area contributed by atoms with Crippen LogP contribution in [-0.4, -0.2) is 36.8 Å². The maximum Gasteiger partial charge on any atom is 0.118 e. The summed E-state index contributed by atoms with van der Waals surface area (Å²) in [5.41, 5.74) is 1.18. The fourth-order valence-corrected chi connectivity index (χ4v) is 3.82. The van der Waals surface area contributed by atoms with Gasteiger partial charge < -0.3 is 14.7 Å². The average Bonchev–Trinajstić information content (AvgIpc) is 2.67. The number of hydrogen-bond donors (Lipinski definition) is 1. The van der Waals surface area contributed by atoms with Crippen molar-refractivity contribution in [2.75, 3.05) is 26.7 Å². The number of benzene rings is 2. The Morgan fingerprint density at radius 2 is 1.64 bits per heavy atom. The van der Waals surface area contributed by atoms with Crippen LogP contribution in [0.5, 0.6) is 5.75 Å². The summed E-state index contributed by atoms with van der Waals surface area (Å²) in [4.78, 5) is 2.50. The van der Waals surface area contributed by atoms with E-state index in [9.17, 15) is 5.11 Å². The minimum atomic E-state index is -0.939. The zero-order valence-corrected chi connectivity index (χ0v) is 15.3. The molecule has 3 rings (SSSR count). The number of rotatable bonds is 6. The number of nitrogens with zero attached hydrogens (tertiary/aromatic N) is 1. The fourth-order valence-electron chi connectivity index (χ4n) is 3.82. The maximum atomic E-state index is 11.5. The highest BCUT2D eigenvalue weighted by molar-refractivity contribution is 5.35. The summed E-state index contributed by atoms with van der Waals surface area (Å²) in [6, 6.07) is 18.2. The number of methoxy groups -OCH3 is 1. The molecular formula is C22H29NO2. The molecule has 1 fully saturated rings. The number of likely N-dealkylation sites (tertiary alicyclic amines) is 1. The van der Waals surface area contributed by atoms with Gasteiger partial charge >= 0.3 is 0 Å². The van der Waals surface area contributed by atoms with Gasteiger partial charge in [-0.05, 0) is 56.1 Å². The van der Waals surface area contributed by atoms with Crippen molar-refractivity contribution in [2.24, 2.45) is 0 Å². The lowest BCUT2D eigenvalue weighted by Crippen LogP contribution is -2.41. The molecule has 0 saturated carbocycles. The van der Waals surface area contributed by atoms with Crippen molar-refractivity contribution in [3.63, 3.8) is 0 Å². The first-order valence-electron chi connectivity index (χ1n) is 9.25. The first-order valence-corrected chi connectivity index (χ1v) is 9.25. The summed E-state index contributed by atoms with van der Waals surface area (Å²) in [6.45, 7) is 5.07. The van der Waals surface area contributed by atoms with Gasteiger partial charge in [0.15, 0.2) is 0 Å². The van der Waals surface area contributed by atoms with E-state index in [4.69, 9.17) is 4.74 Å². The van der Waals surface area contributed by atoms with Gasteiger partial charge in [0.2, 0.25) is 0 Å². The third-order valence-corrected chi connectivity index (χ3v) is 5.44. The predicted octanol–water partition coefficient (Wildman–Crippen LogP) is 4.17. The van der Waals surface area contributed by atoms with E-state index in [0.29, 0.717) is 0 Å². The Morgan fingerprint density at radius 3 is 2.24 bits per heavy atom. The molecule has 2 aromatic carbocycles. The fraction of sp³-hybridized carbons (Fsp3) is 0.455. The minimum absolute atomic E-state index is 0.0280. The second kappa shape index (κ2) is 8.03. The van der Waals surface area contributed by atoms with E-state index in [1.54, 1.807) is 7.11 Å². The van der Waals surface area contributed by atoms with E-state index in [1.165, 1.54) is 24.8 Å². The first kappa shape index (κ1) is 18.0. The number of piperidine rings is 1. The van der Waals surface area contributed by atoms with Crippen LogP contribution in [0.2, 0.25) is 0 Å². The predicted molar refractivity (Wildman–Crippen MR) is 102 cm³/mol. The molecular weight excluding hydrogens is 310 g/mol. The van der Waals surface area contributed by atoms with Crippen molar-refractivity contribution in [2.45, 2.75) is 37.7 Å². The van der Waals surface area contributed by atoms with Crippen LogP contribution in [0.1, 0.15) is 43.2 Å². The average molecular weight is 339 g/mol. The standard InChI is InChI=1S/C22H29NO2/c1-22(24,19-11-13-20(25-2)14-12-19)21(18-9-5-3-6-10-18)17-23-15-7-4-8-16-23/h3,5-6,9-14,21,24H,4,7-8,15-17H2,1-2H3/t21-,22+/m0/s1. The topological polar surface area (TPSA) is 32.7 Å². The van der Waals surface area contributed by atoms with Crippen LogP contribution in [0.3, 0.4) is 0 Å². The van der Waals surface area contributed by atoms with Crippen LogP contribution in [-0.2, 0) is 5.60 Å². The van der Waals surface area contributed by atoms with Crippen LogP contribution in [0.15, 0.2) is 54.6 Å². The third kappa shape index (κ3) is 4.23. The zero-order chi connectivity index (χ0) is 17.7. The van der Waals surface area contributed by atoms with Crippen LogP contribution in [0.25, 0.3) is 0 Å². The Morgan fingerprint density at radius 1 is 1.00 bits per heavy atom. The molecule has 2 atom stereocenters. The number of aliphatic hydroxyl groups is 1. The van der Waals surface area contributed by atoms with Gasteiger partial charge in [-0.1, -0.05) is 48.9 Å². The van der Waals surface area contributed by atoms with Gasteiger partial charge in [0.25, 0.3) is 0 Å². The van der Waals surface area contributed by atoms with Crippen molar-refractivity contribution in [1.82, 2.24) is 4.90 Å². The van der Waals surface area contributed by atoms with Crippen LogP contribution >= 0.6 is 0 Å². The molecule has 0 aliphatic carbocycles. The molecule has 0 unspecified atom stereocenters. The van der Waals surface area contributed by atoms with Crippen molar-refractivity contribution < 1.29 is 9.84 Å². The molecule has 0 amide bonds. The quantitative estimate of drug-likeness (QED) is 0.857. The van der Waals surface area contributed by atoms with E-state index < -0.39 is 5.60 Å². The smallest absolute Gasteiger partial charge is 0.118 e. The molecule has 3 heteroatoms. The summed E-state index contributed by atoms with van der Waals surface area (Å²) in [7, 11) is 1.66. The summed E-state index contributed by atoms with van der Waals surface area (Å²) in [5.74, 6) is 0.840. The molecule has 0 aromatic heterocycles. The first-order chi connectivity index (χ1) is 12.1. The van der Waals surface area contributed by atoms with E-state index in [2.05, 4.69) is 29.2 Å². The molecule has 1 saturated heterocycles.